The number of allylic oxidation sites excluding steroid dienone is 3. The van der Waals surface area contributed by atoms with Crippen molar-refractivity contribution in [3.63, 3.8) is 0 Å². The largest absolute Gasteiger partial charge is 0.363 e. The molecule has 7 heteroatoms. The first-order valence-electron chi connectivity index (χ1n) is 5.52. The molecule has 6 nitrogen and oxygen atoms in total. The minimum atomic E-state index is -4.47. The Bertz CT molecular complexity index is 639. The minimum Gasteiger partial charge on any atom is -0.361 e. The molecule has 1 aliphatic carbocycles. The van der Waals surface area contributed by atoms with Gasteiger partial charge in [-0.2, -0.15) is 4.79 Å². The van der Waals surface area contributed by atoms with Crippen molar-refractivity contribution in [2.75, 3.05) is 5.32 Å². The highest BCUT2D eigenvalue weighted by atomic mass is 31.2. The van der Waals surface area contributed by atoms with Crippen molar-refractivity contribution >= 4 is 19.0 Å². The Morgan fingerprint density at radius 3 is 2.53 bits per heavy atom. The van der Waals surface area contributed by atoms with Crippen molar-refractivity contribution < 1.29 is 19.1 Å². The number of hydrogen-bond acceptors (Lipinski definition) is 2. The molecule has 0 fully saturated rings. The lowest BCUT2D eigenvalue weighted by atomic mass is 10.1. The number of benzene rings is 1. The van der Waals surface area contributed by atoms with Gasteiger partial charge in [-0.15, -0.1) is 0 Å². The Balaban J connectivity index is 2.30. The van der Waals surface area contributed by atoms with Crippen molar-refractivity contribution in [1.29, 1.82) is 0 Å². The van der Waals surface area contributed by atoms with Crippen LogP contribution in [-0.2, 0) is 4.57 Å². The Hall–Kier alpha value is -1.97. The van der Waals surface area contributed by atoms with Crippen LogP contribution in [0.4, 0.5) is 5.69 Å². The molecular formula is C12H12N3O3P. The smallest absolute Gasteiger partial charge is 0.361 e. The molecule has 1 aromatic carbocycles. The zero-order chi connectivity index (χ0) is 13.9. The van der Waals surface area contributed by atoms with Crippen molar-refractivity contribution in [3.05, 3.63) is 59.0 Å². The van der Waals surface area contributed by atoms with E-state index in [0.717, 1.165) is 5.69 Å². The van der Waals surface area contributed by atoms with Gasteiger partial charge in [0, 0.05) is 11.4 Å². The van der Waals surface area contributed by atoms with Crippen LogP contribution in [0.2, 0.25) is 0 Å². The highest BCUT2D eigenvalue weighted by Gasteiger charge is 2.33. The summed E-state index contributed by atoms with van der Waals surface area (Å²) >= 11 is 0. The van der Waals surface area contributed by atoms with Crippen molar-refractivity contribution in [2.45, 2.75) is 6.42 Å². The van der Waals surface area contributed by atoms with Gasteiger partial charge in [-0.1, -0.05) is 18.2 Å². The minimum absolute atomic E-state index is 0.0213. The molecule has 0 aliphatic heterocycles. The fourth-order valence-electron chi connectivity index (χ4n) is 1.72. The summed E-state index contributed by atoms with van der Waals surface area (Å²) in [6, 6.07) is 9.23. The van der Waals surface area contributed by atoms with Crippen LogP contribution in [0, 0.1) is 0 Å². The molecule has 0 heterocycles. The molecule has 2 rings (SSSR count). The number of anilines is 1. The zero-order valence-corrected chi connectivity index (χ0v) is 10.8. The Morgan fingerprint density at radius 2 is 1.95 bits per heavy atom. The fourth-order valence-corrected chi connectivity index (χ4v) is 2.50. The average molecular weight is 277 g/mol. The summed E-state index contributed by atoms with van der Waals surface area (Å²) in [7, 11) is -4.47. The maximum absolute atomic E-state index is 11.3. The van der Waals surface area contributed by atoms with Crippen molar-refractivity contribution in [1.82, 2.24) is 0 Å². The summed E-state index contributed by atoms with van der Waals surface area (Å²) < 4.78 is 11.3. The molecule has 0 amide bonds. The number of nitrogens with one attached hydrogen (secondary N) is 1. The molecule has 0 spiro atoms. The molecule has 0 saturated heterocycles. The monoisotopic (exact) mass is 277 g/mol. The van der Waals surface area contributed by atoms with Crippen molar-refractivity contribution in [2.24, 2.45) is 0 Å². The summed E-state index contributed by atoms with van der Waals surface area (Å²) in [5.74, 6) is 0. The summed E-state index contributed by atoms with van der Waals surface area (Å²) in [4.78, 5) is 21.4. The standard InChI is InChI=1S/C12H12N3O3P/c13-15-11-7-6-10(8-12(11)19(16,17)18)14-9-4-2-1-3-5-9/h1-6,8,14H,7H2,(H2,16,17,18). The second kappa shape index (κ2) is 5.34. The first-order chi connectivity index (χ1) is 9.00. The van der Waals surface area contributed by atoms with E-state index in [9.17, 15) is 14.4 Å². The first kappa shape index (κ1) is 13.5. The molecule has 19 heavy (non-hydrogen) atoms. The van der Waals surface area contributed by atoms with Gasteiger partial charge in [-0.25, -0.2) is 0 Å². The van der Waals surface area contributed by atoms with E-state index in [4.69, 9.17) is 5.53 Å². The van der Waals surface area contributed by atoms with E-state index in [1.54, 1.807) is 6.08 Å². The Kier molecular flexibility index (Phi) is 3.79. The second-order valence-corrected chi connectivity index (χ2v) is 5.54. The molecule has 1 aliphatic rings. The van der Waals surface area contributed by atoms with Crippen LogP contribution >= 0.6 is 7.60 Å². The third-order valence-electron chi connectivity index (χ3n) is 2.60. The molecular weight excluding hydrogens is 265 g/mol. The lowest BCUT2D eigenvalue weighted by molar-refractivity contribution is -0.00600. The maximum atomic E-state index is 11.3. The van der Waals surface area contributed by atoms with Gasteiger partial charge in [0.1, 0.15) is 0 Å². The second-order valence-electron chi connectivity index (χ2n) is 3.97. The van der Waals surface area contributed by atoms with Gasteiger partial charge in [-0.05, 0) is 24.3 Å². The van der Waals surface area contributed by atoms with Gasteiger partial charge in [0.05, 0.1) is 6.42 Å². The summed E-state index contributed by atoms with van der Waals surface area (Å²) in [5.41, 5.74) is 10.1. The predicted molar refractivity (Wildman–Crippen MR) is 71.5 cm³/mol. The van der Waals surface area contributed by atoms with Gasteiger partial charge >= 0.3 is 13.3 Å². The van der Waals surface area contributed by atoms with E-state index in [2.05, 4.69) is 10.1 Å². The maximum Gasteiger partial charge on any atom is 0.363 e. The highest BCUT2D eigenvalue weighted by Crippen LogP contribution is 2.47. The number of rotatable bonds is 3. The van der Waals surface area contributed by atoms with Crippen LogP contribution in [0.3, 0.4) is 0 Å². The quantitative estimate of drug-likeness (QED) is 0.447. The number of para-hydroxylation sites is 1. The number of hydrogen-bond donors (Lipinski definition) is 3. The summed E-state index contributed by atoms with van der Waals surface area (Å²) in [6.07, 6.45) is 3.15. The van der Waals surface area contributed by atoms with E-state index >= 15 is 0 Å². The van der Waals surface area contributed by atoms with Crippen LogP contribution < -0.4 is 5.32 Å². The van der Waals surface area contributed by atoms with Gasteiger partial charge < -0.3 is 20.6 Å². The SMILES string of the molecule is [N-]=[N+]=C1CC=C(Nc2ccccc2)C=C1P(=O)(O)O. The average Bonchev–Trinajstić information content (AvgIpc) is 2.39. The highest BCUT2D eigenvalue weighted by molar-refractivity contribution is 7.58. The molecule has 0 unspecified atom stereocenters. The molecule has 0 saturated carbocycles. The third kappa shape index (κ3) is 3.28. The van der Waals surface area contributed by atoms with Gasteiger partial charge in [0.2, 0.25) is 0 Å². The molecule has 3 N–H and O–H groups in total. The van der Waals surface area contributed by atoms with Crippen LogP contribution in [0.15, 0.2) is 53.5 Å². The molecule has 0 aromatic heterocycles. The molecule has 0 atom stereocenters. The predicted octanol–water partition coefficient (Wildman–Crippen LogP) is 2.12. The van der Waals surface area contributed by atoms with E-state index in [0.29, 0.717) is 5.70 Å². The molecule has 0 radical (unpaired) electrons. The van der Waals surface area contributed by atoms with Crippen LogP contribution in [-0.4, -0.2) is 20.3 Å². The van der Waals surface area contributed by atoms with Gasteiger partial charge in [-0.3, -0.25) is 4.57 Å². The Labute approximate surface area is 109 Å². The summed E-state index contributed by atoms with van der Waals surface area (Å²) in [5, 5.41) is 2.76. The number of nitrogens with zero attached hydrogens (tertiary/aromatic N) is 2. The van der Waals surface area contributed by atoms with Gasteiger partial charge in [0.15, 0.2) is 5.31 Å². The molecule has 0 bridgehead atoms. The van der Waals surface area contributed by atoms with E-state index in [1.165, 1.54) is 6.08 Å². The van der Waals surface area contributed by atoms with E-state index < -0.39 is 7.60 Å². The molecule has 98 valence electrons. The topological polar surface area (TPSA) is 106 Å². The first-order valence-corrected chi connectivity index (χ1v) is 7.13. The van der Waals surface area contributed by atoms with Crippen molar-refractivity contribution in [3.8, 4) is 0 Å². The third-order valence-corrected chi connectivity index (χ3v) is 3.62. The normalized spacial score (nSPS) is 15.4. The lowest BCUT2D eigenvalue weighted by Crippen LogP contribution is -2.11. The lowest BCUT2D eigenvalue weighted by Gasteiger charge is -2.13. The zero-order valence-electron chi connectivity index (χ0n) is 9.89. The van der Waals surface area contributed by atoms with Crippen LogP contribution in [0.5, 0.6) is 0 Å². The Morgan fingerprint density at radius 1 is 1.26 bits per heavy atom. The van der Waals surface area contributed by atoms with E-state index in [1.807, 2.05) is 30.3 Å². The van der Waals surface area contributed by atoms with Crippen LogP contribution in [0.25, 0.3) is 5.53 Å². The van der Waals surface area contributed by atoms with E-state index in [-0.39, 0.29) is 17.4 Å². The van der Waals surface area contributed by atoms with Gasteiger partial charge in [0.25, 0.3) is 0 Å². The molecule has 1 aromatic rings. The van der Waals surface area contributed by atoms with Crippen LogP contribution in [0.1, 0.15) is 6.42 Å². The summed E-state index contributed by atoms with van der Waals surface area (Å²) in [6.45, 7) is 0. The fraction of sp³-hybridized carbons (Fsp3) is 0.0833.